The predicted octanol–water partition coefficient (Wildman–Crippen LogP) is 3.44. The van der Waals surface area contributed by atoms with E-state index in [1.165, 1.54) is 0 Å². The van der Waals surface area contributed by atoms with Crippen LogP contribution in [0, 0.1) is 24.7 Å². The highest BCUT2D eigenvalue weighted by atomic mass is 79.9. The van der Waals surface area contributed by atoms with E-state index in [0.29, 0.717) is 12.8 Å². The third kappa shape index (κ3) is 3.03. The number of halogens is 1. The van der Waals surface area contributed by atoms with Crippen molar-refractivity contribution in [3.8, 4) is 0 Å². The fourth-order valence-corrected chi connectivity index (χ4v) is 3.19. The van der Waals surface area contributed by atoms with Crippen LogP contribution < -0.4 is 5.32 Å². The Morgan fingerprint density at radius 3 is 2.60 bits per heavy atom. The van der Waals surface area contributed by atoms with E-state index in [9.17, 15) is 14.7 Å². The Labute approximate surface area is 126 Å². The van der Waals surface area contributed by atoms with Crippen LogP contribution in [-0.4, -0.2) is 17.0 Å². The molecule has 0 bridgehead atoms. The summed E-state index contributed by atoms with van der Waals surface area (Å²) in [6.45, 7) is 3.90. The molecule has 4 nitrogen and oxygen atoms in total. The van der Waals surface area contributed by atoms with E-state index in [0.717, 1.165) is 15.7 Å². The van der Waals surface area contributed by atoms with Gasteiger partial charge >= 0.3 is 5.97 Å². The van der Waals surface area contributed by atoms with E-state index in [1.54, 1.807) is 0 Å². The Kier molecular flexibility index (Phi) is 4.48. The number of benzene rings is 1. The second kappa shape index (κ2) is 5.95. The van der Waals surface area contributed by atoms with Gasteiger partial charge in [-0.2, -0.15) is 0 Å². The molecule has 1 saturated carbocycles. The van der Waals surface area contributed by atoms with Gasteiger partial charge in [0.2, 0.25) is 5.91 Å². The molecule has 1 aromatic carbocycles. The van der Waals surface area contributed by atoms with Crippen molar-refractivity contribution in [2.24, 2.45) is 17.8 Å². The number of carboxylic acids is 1. The van der Waals surface area contributed by atoms with Crippen molar-refractivity contribution in [2.45, 2.75) is 26.7 Å². The van der Waals surface area contributed by atoms with Crippen LogP contribution in [0.2, 0.25) is 0 Å². The van der Waals surface area contributed by atoms with Crippen LogP contribution in [0.15, 0.2) is 22.7 Å². The summed E-state index contributed by atoms with van der Waals surface area (Å²) in [5.74, 6) is -1.81. The van der Waals surface area contributed by atoms with E-state index < -0.39 is 17.8 Å². The summed E-state index contributed by atoms with van der Waals surface area (Å²) in [5.41, 5.74) is 1.67. The Morgan fingerprint density at radius 2 is 1.95 bits per heavy atom. The number of amides is 1. The maximum atomic E-state index is 12.3. The lowest BCUT2D eigenvalue weighted by molar-refractivity contribution is -0.145. The van der Waals surface area contributed by atoms with Gasteiger partial charge in [-0.05, 0) is 43.4 Å². The third-order valence-electron chi connectivity index (χ3n) is 3.98. The zero-order valence-corrected chi connectivity index (χ0v) is 13.1. The highest BCUT2D eigenvalue weighted by molar-refractivity contribution is 9.10. The minimum Gasteiger partial charge on any atom is -0.481 e. The van der Waals surface area contributed by atoms with Gasteiger partial charge in [-0.3, -0.25) is 9.59 Å². The van der Waals surface area contributed by atoms with Crippen molar-refractivity contribution in [1.82, 2.24) is 0 Å². The van der Waals surface area contributed by atoms with Crippen molar-refractivity contribution in [3.05, 3.63) is 28.2 Å². The van der Waals surface area contributed by atoms with Crippen molar-refractivity contribution in [1.29, 1.82) is 0 Å². The summed E-state index contributed by atoms with van der Waals surface area (Å²) in [6.07, 6.45) is 1.21. The van der Waals surface area contributed by atoms with Gasteiger partial charge in [-0.1, -0.05) is 28.9 Å². The Balaban J connectivity index is 2.15. The third-order valence-corrected chi connectivity index (χ3v) is 4.84. The second-order valence-corrected chi connectivity index (χ2v) is 6.38. The monoisotopic (exact) mass is 339 g/mol. The average Bonchev–Trinajstić information content (AvgIpc) is 2.77. The summed E-state index contributed by atoms with van der Waals surface area (Å²) in [7, 11) is 0. The van der Waals surface area contributed by atoms with Gasteiger partial charge in [0.25, 0.3) is 0 Å². The lowest BCUT2D eigenvalue weighted by Crippen LogP contribution is -2.30. The van der Waals surface area contributed by atoms with E-state index in [1.807, 2.05) is 32.0 Å². The van der Waals surface area contributed by atoms with E-state index >= 15 is 0 Å². The summed E-state index contributed by atoms with van der Waals surface area (Å²) in [5, 5.41) is 12.1. The molecule has 0 radical (unpaired) electrons. The van der Waals surface area contributed by atoms with Gasteiger partial charge in [-0.15, -0.1) is 0 Å². The highest BCUT2D eigenvalue weighted by Crippen LogP contribution is 2.37. The van der Waals surface area contributed by atoms with Crippen LogP contribution in [-0.2, 0) is 9.59 Å². The number of hydrogen-bond donors (Lipinski definition) is 2. The lowest BCUT2D eigenvalue weighted by atomic mass is 9.95. The SMILES string of the molecule is Cc1c(Br)cccc1NC(=O)C1CC(C)CC1C(=O)O. The first-order chi connectivity index (χ1) is 9.40. The zero-order chi connectivity index (χ0) is 14.9. The van der Waals surface area contributed by atoms with Crippen LogP contribution in [0.5, 0.6) is 0 Å². The average molecular weight is 340 g/mol. The minimum atomic E-state index is -0.875. The summed E-state index contributed by atoms with van der Waals surface area (Å²) >= 11 is 3.42. The maximum Gasteiger partial charge on any atom is 0.307 e. The smallest absolute Gasteiger partial charge is 0.307 e. The molecule has 5 heteroatoms. The molecule has 1 fully saturated rings. The first kappa shape index (κ1) is 15.0. The first-order valence-corrected chi connectivity index (χ1v) is 7.48. The van der Waals surface area contributed by atoms with Crippen LogP contribution in [0.3, 0.4) is 0 Å². The topological polar surface area (TPSA) is 66.4 Å². The molecule has 108 valence electrons. The van der Waals surface area contributed by atoms with Crippen molar-refractivity contribution in [2.75, 3.05) is 5.32 Å². The highest BCUT2D eigenvalue weighted by Gasteiger charge is 2.41. The van der Waals surface area contributed by atoms with Crippen LogP contribution in [0.25, 0.3) is 0 Å². The Morgan fingerprint density at radius 1 is 1.30 bits per heavy atom. The summed E-state index contributed by atoms with van der Waals surface area (Å²) in [4.78, 5) is 23.6. The van der Waals surface area contributed by atoms with Crippen molar-refractivity contribution < 1.29 is 14.7 Å². The van der Waals surface area contributed by atoms with E-state index in [2.05, 4.69) is 21.2 Å². The molecule has 0 aromatic heterocycles. The summed E-state index contributed by atoms with van der Waals surface area (Å²) in [6, 6.07) is 5.58. The number of hydrogen-bond acceptors (Lipinski definition) is 2. The molecule has 0 aliphatic heterocycles. The molecule has 1 aliphatic rings. The Hall–Kier alpha value is -1.36. The molecule has 1 aliphatic carbocycles. The molecule has 0 spiro atoms. The molecule has 2 rings (SSSR count). The fraction of sp³-hybridized carbons (Fsp3) is 0.467. The van der Waals surface area contributed by atoms with Crippen molar-refractivity contribution >= 4 is 33.5 Å². The van der Waals surface area contributed by atoms with E-state index in [-0.39, 0.29) is 11.8 Å². The largest absolute Gasteiger partial charge is 0.481 e. The fourth-order valence-electron chi connectivity index (χ4n) is 2.82. The van der Waals surface area contributed by atoms with Crippen LogP contribution >= 0.6 is 15.9 Å². The molecule has 3 unspecified atom stereocenters. The van der Waals surface area contributed by atoms with Crippen LogP contribution in [0.1, 0.15) is 25.3 Å². The molecule has 20 heavy (non-hydrogen) atoms. The standard InChI is InChI=1S/C15H18BrNO3/c1-8-6-10(11(7-8)15(19)20)14(18)17-13-5-3-4-12(16)9(13)2/h3-5,8,10-11H,6-7H2,1-2H3,(H,17,18)(H,19,20). The molecular formula is C15H18BrNO3. The maximum absolute atomic E-state index is 12.3. The first-order valence-electron chi connectivity index (χ1n) is 6.69. The van der Waals surface area contributed by atoms with Gasteiger partial charge in [0.1, 0.15) is 0 Å². The van der Waals surface area contributed by atoms with Crippen molar-refractivity contribution in [3.63, 3.8) is 0 Å². The number of carboxylic acid groups (broad SMARTS) is 1. The number of carbonyl (C=O) groups excluding carboxylic acids is 1. The normalized spacial score (nSPS) is 25.4. The van der Waals surface area contributed by atoms with Gasteiger partial charge in [0, 0.05) is 10.2 Å². The quantitative estimate of drug-likeness (QED) is 0.886. The Bertz CT molecular complexity index is 544. The van der Waals surface area contributed by atoms with Gasteiger partial charge < -0.3 is 10.4 Å². The van der Waals surface area contributed by atoms with E-state index in [4.69, 9.17) is 0 Å². The summed E-state index contributed by atoms with van der Waals surface area (Å²) < 4.78 is 0.921. The van der Waals surface area contributed by atoms with Gasteiger partial charge in [0.05, 0.1) is 11.8 Å². The number of rotatable bonds is 3. The lowest BCUT2D eigenvalue weighted by Gasteiger charge is -2.17. The zero-order valence-electron chi connectivity index (χ0n) is 11.5. The molecule has 3 atom stereocenters. The predicted molar refractivity (Wildman–Crippen MR) is 80.5 cm³/mol. The number of carbonyl (C=O) groups is 2. The molecule has 1 aromatic rings. The molecule has 1 amide bonds. The number of aliphatic carboxylic acids is 1. The number of nitrogens with one attached hydrogen (secondary N) is 1. The van der Waals surface area contributed by atoms with Crippen LogP contribution in [0.4, 0.5) is 5.69 Å². The number of anilines is 1. The molecule has 2 N–H and O–H groups in total. The molecule has 0 saturated heterocycles. The van der Waals surface area contributed by atoms with Gasteiger partial charge in [-0.25, -0.2) is 0 Å². The molecule has 0 heterocycles. The second-order valence-electron chi connectivity index (χ2n) is 5.53. The minimum absolute atomic E-state index is 0.192. The molecular weight excluding hydrogens is 322 g/mol. The van der Waals surface area contributed by atoms with Gasteiger partial charge in [0.15, 0.2) is 0 Å².